The summed E-state index contributed by atoms with van der Waals surface area (Å²) in [6.45, 7) is 1.12. The zero-order valence-electron chi connectivity index (χ0n) is 21.0. The number of piperidine rings is 1. The van der Waals surface area contributed by atoms with Crippen molar-refractivity contribution >= 4 is 34.2 Å². The number of carbonyl (C=O) groups is 1. The van der Waals surface area contributed by atoms with E-state index in [0.29, 0.717) is 43.1 Å². The van der Waals surface area contributed by atoms with E-state index in [1.54, 1.807) is 44.2 Å². The summed E-state index contributed by atoms with van der Waals surface area (Å²) in [7, 11) is 3.17. The Kier molecular flexibility index (Phi) is 7.46. The number of rotatable bonds is 6. The number of methoxy groups -OCH3 is 2. The van der Waals surface area contributed by atoms with Gasteiger partial charge in [-0.1, -0.05) is 72.4 Å². The Labute approximate surface area is 221 Å². The van der Waals surface area contributed by atoms with Crippen molar-refractivity contribution in [3.05, 3.63) is 90.0 Å². The Morgan fingerprint density at radius 3 is 2.32 bits per heavy atom. The highest BCUT2D eigenvalue weighted by Crippen LogP contribution is 2.37. The van der Waals surface area contributed by atoms with E-state index in [2.05, 4.69) is 41.7 Å². The topological polar surface area (TPSA) is 75.5 Å². The second-order valence-electron chi connectivity index (χ2n) is 8.98. The molecular formula is C29H30N4O3S. The molecule has 1 fully saturated rings. The summed E-state index contributed by atoms with van der Waals surface area (Å²) in [5.41, 5.74) is 3.32. The Morgan fingerprint density at radius 2 is 1.65 bits per heavy atom. The second-order valence-corrected chi connectivity index (χ2v) is 9.95. The first-order chi connectivity index (χ1) is 18.1. The molecule has 0 aromatic heterocycles. The van der Waals surface area contributed by atoms with Crippen molar-refractivity contribution in [3.8, 4) is 11.5 Å². The largest absolute Gasteiger partial charge is 0.497 e. The van der Waals surface area contributed by atoms with E-state index in [1.165, 1.54) is 5.56 Å². The summed E-state index contributed by atoms with van der Waals surface area (Å²) in [5.74, 6) is 2.07. The van der Waals surface area contributed by atoms with Crippen LogP contribution in [0, 0.1) is 0 Å². The summed E-state index contributed by atoms with van der Waals surface area (Å²) in [6, 6.07) is 25.8. The van der Waals surface area contributed by atoms with E-state index in [4.69, 9.17) is 19.5 Å². The Morgan fingerprint density at radius 1 is 0.946 bits per heavy atom. The maximum Gasteiger partial charge on any atom is 0.321 e. The Bertz CT molecular complexity index is 1300. The van der Waals surface area contributed by atoms with Gasteiger partial charge < -0.3 is 19.7 Å². The van der Waals surface area contributed by atoms with Crippen molar-refractivity contribution in [1.82, 2.24) is 4.90 Å². The van der Waals surface area contributed by atoms with Crippen LogP contribution in [0.25, 0.3) is 0 Å². The fourth-order valence-electron chi connectivity index (χ4n) is 4.53. The lowest BCUT2D eigenvalue weighted by molar-refractivity contribution is 0.175. The number of benzene rings is 3. The van der Waals surface area contributed by atoms with Gasteiger partial charge in [-0.2, -0.15) is 0 Å². The number of urea groups is 1. The molecule has 37 heavy (non-hydrogen) atoms. The first kappa shape index (κ1) is 24.9. The number of nitrogens with zero attached hydrogens (tertiary/aromatic N) is 3. The van der Waals surface area contributed by atoms with Gasteiger partial charge in [0.05, 0.1) is 25.6 Å². The number of likely N-dealkylation sites (tertiary alicyclic amines) is 1. The number of carbonyl (C=O) groups excluding carboxylic acids is 1. The quantitative estimate of drug-likeness (QED) is 0.447. The Hall–Kier alpha value is -3.78. The summed E-state index contributed by atoms with van der Waals surface area (Å²) in [6.07, 6.45) is 1.34. The lowest BCUT2D eigenvalue weighted by Crippen LogP contribution is -2.46. The number of hydrogen-bond donors (Lipinski definition) is 1. The number of anilines is 1. The first-order valence-electron chi connectivity index (χ1n) is 12.3. The monoisotopic (exact) mass is 514 g/mol. The average molecular weight is 515 g/mol. The van der Waals surface area contributed by atoms with E-state index in [0.717, 1.165) is 22.1 Å². The number of aliphatic imine (C=N–C) groups is 2. The molecule has 1 N–H and O–H groups in total. The minimum atomic E-state index is -0.533. The standard InChI is InChI=1S/C29H30N4O3S/c1-35-23-13-14-25(36-2)24(19-23)30-28(34)33-17-15-29(16-18-33)31-26(22-11-7-4-8-12-22)27(32-29)37-20-21-9-5-3-6-10-21/h3-14,19H,15-18,20H2,1-2H3,(H,30,34). The van der Waals surface area contributed by atoms with Crippen LogP contribution in [0.5, 0.6) is 11.5 Å². The van der Waals surface area contributed by atoms with Crippen LogP contribution < -0.4 is 14.8 Å². The zero-order valence-corrected chi connectivity index (χ0v) is 21.8. The van der Waals surface area contributed by atoms with E-state index < -0.39 is 5.66 Å². The molecule has 8 heteroatoms. The third-order valence-electron chi connectivity index (χ3n) is 6.60. The maximum atomic E-state index is 13.1. The molecule has 0 atom stereocenters. The van der Waals surface area contributed by atoms with Crippen LogP contribution in [-0.2, 0) is 5.75 Å². The third kappa shape index (κ3) is 5.64. The van der Waals surface area contributed by atoms with E-state index >= 15 is 0 Å². The first-order valence-corrected chi connectivity index (χ1v) is 13.3. The van der Waals surface area contributed by atoms with Gasteiger partial charge in [0.2, 0.25) is 0 Å². The van der Waals surface area contributed by atoms with Gasteiger partial charge in [0.1, 0.15) is 16.5 Å². The van der Waals surface area contributed by atoms with Crippen LogP contribution in [0.2, 0.25) is 0 Å². The van der Waals surface area contributed by atoms with Crippen molar-refractivity contribution < 1.29 is 14.3 Å². The van der Waals surface area contributed by atoms with Gasteiger partial charge in [-0.15, -0.1) is 0 Å². The molecule has 3 aromatic rings. The van der Waals surface area contributed by atoms with Gasteiger partial charge in [0, 0.05) is 43.3 Å². The van der Waals surface area contributed by atoms with Crippen LogP contribution in [0.1, 0.15) is 24.0 Å². The molecule has 2 amide bonds. The molecule has 0 saturated carbocycles. The van der Waals surface area contributed by atoms with E-state index in [9.17, 15) is 4.79 Å². The highest BCUT2D eigenvalue weighted by atomic mass is 32.2. The zero-order chi connectivity index (χ0) is 25.7. The van der Waals surface area contributed by atoms with Gasteiger partial charge in [-0.3, -0.25) is 4.99 Å². The van der Waals surface area contributed by atoms with Gasteiger partial charge in [-0.25, -0.2) is 9.79 Å². The Balaban J connectivity index is 1.30. The molecule has 0 aliphatic carbocycles. The SMILES string of the molecule is COc1ccc(OC)c(NC(=O)N2CCC3(CC2)N=C(SCc2ccccc2)C(c2ccccc2)=N3)c1. The molecule has 0 bridgehead atoms. The molecule has 1 spiro atoms. The molecule has 0 radical (unpaired) electrons. The minimum Gasteiger partial charge on any atom is -0.497 e. The number of thioether (sulfide) groups is 1. The summed E-state index contributed by atoms with van der Waals surface area (Å²) >= 11 is 1.72. The van der Waals surface area contributed by atoms with Gasteiger partial charge in [0.25, 0.3) is 0 Å². The lowest BCUT2D eigenvalue weighted by Gasteiger charge is -2.35. The fraction of sp³-hybridized carbons (Fsp3) is 0.276. The predicted octanol–water partition coefficient (Wildman–Crippen LogP) is 5.86. The molecule has 3 aromatic carbocycles. The third-order valence-corrected chi connectivity index (χ3v) is 7.63. The molecule has 2 aliphatic heterocycles. The fourth-order valence-corrected chi connectivity index (χ4v) is 5.56. The average Bonchev–Trinajstić information content (AvgIpc) is 3.31. The molecule has 0 unspecified atom stereocenters. The number of nitrogens with one attached hydrogen (secondary N) is 1. The number of ether oxygens (including phenoxy) is 2. The van der Waals surface area contributed by atoms with Gasteiger partial charge in [-0.05, 0) is 17.7 Å². The van der Waals surface area contributed by atoms with Crippen molar-refractivity contribution in [1.29, 1.82) is 0 Å². The number of amides is 2. The van der Waals surface area contributed by atoms with Crippen LogP contribution >= 0.6 is 11.8 Å². The van der Waals surface area contributed by atoms with Crippen molar-refractivity contribution in [2.24, 2.45) is 9.98 Å². The van der Waals surface area contributed by atoms with Crippen molar-refractivity contribution in [2.75, 3.05) is 32.6 Å². The molecule has 2 aliphatic rings. The number of hydrogen-bond acceptors (Lipinski definition) is 6. The minimum absolute atomic E-state index is 0.172. The van der Waals surface area contributed by atoms with Crippen LogP contribution in [0.4, 0.5) is 10.5 Å². The molecule has 190 valence electrons. The normalized spacial score (nSPS) is 16.2. The van der Waals surface area contributed by atoms with Crippen molar-refractivity contribution in [2.45, 2.75) is 24.3 Å². The van der Waals surface area contributed by atoms with Crippen LogP contribution in [-0.4, -0.2) is 54.7 Å². The summed E-state index contributed by atoms with van der Waals surface area (Å²) < 4.78 is 10.7. The molecule has 1 saturated heterocycles. The highest BCUT2D eigenvalue weighted by Gasteiger charge is 2.40. The van der Waals surface area contributed by atoms with E-state index in [1.807, 2.05) is 29.2 Å². The van der Waals surface area contributed by atoms with Crippen LogP contribution in [0.15, 0.2) is 88.8 Å². The summed E-state index contributed by atoms with van der Waals surface area (Å²) in [5, 5.41) is 3.94. The van der Waals surface area contributed by atoms with Crippen molar-refractivity contribution in [3.63, 3.8) is 0 Å². The predicted molar refractivity (Wildman–Crippen MR) is 150 cm³/mol. The van der Waals surface area contributed by atoms with Gasteiger partial charge in [0.15, 0.2) is 5.66 Å². The molecule has 5 rings (SSSR count). The molecule has 7 nitrogen and oxygen atoms in total. The van der Waals surface area contributed by atoms with Gasteiger partial charge >= 0.3 is 6.03 Å². The second kappa shape index (κ2) is 11.1. The maximum absolute atomic E-state index is 13.1. The molecular weight excluding hydrogens is 484 g/mol. The van der Waals surface area contributed by atoms with Crippen LogP contribution in [0.3, 0.4) is 0 Å². The lowest BCUT2D eigenvalue weighted by atomic mass is 9.98. The summed E-state index contributed by atoms with van der Waals surface area (Å²) in [4.78, 5) is 25.2. The van der Waals surface area contributed by atoms with E-state index in [-0.39, 0.29) is 6.03 Å². The molecule has 2 heterocycles. The smallest absolute Gasteiger partial charge is 0.321 e. The highest BCUT2D eigenvalue weighted by molar-refractivity contribution is 8.15.